The van der Waals surface area contributed by atoms with Crippen LogP contribution in [0.25, 0.3) is 0 Å². The molecule has 2 saturated heterocycles. The van der Waals surface area contributed by atoms with Gasteiger partial charge < -0.3 is 14.1 Å². The van der Waals surface area contributed by atoms with Gasteiger partial charge >= 0.3 is 0 Å². The van der Waals surface area contributed by atoms with Gasteiger partial charge in [-0.05, 0) is 54.8 Å². The second-order valence-corrected chi connectivity index (χ2v) is 18.0. The van der Waals surface area contributed by atoms with Gasteiger partial charge in [0.05, 0.1) is 7.11 Å². The third-order valence-corrected chi connectivity index (χ3v) is 11.0. The minimum atomic E-state index is -3.20. The normalized spacial score (nSPS) is 21.3. The highest BCUT2D eigenvalue weighted by atomic mass is 31.2. The summed E-state index contributed by atoms with van der Waals surface area (Å²) in [7, 11) is -2.98. The van der Waals surface area contributed by atoms with E-state index in [2.05, 4.69) is 52.6 Å². The van der Waals surface area contributed by atoms with E-state index in [4.69, 9.17) is 9.47 Å². The SMILES string of the molecule is COc1cccc(OCc2ccc(C#C[Si](C)(C)C)cc2)c1P1(=O)N(c2ccccc2)C[C@H]2CCCN21. The molecule has 0 radical (unpaired) electrons. The molecule has 37 heavy (non-hydrogen) atoms. The van der Waals surface area contributed by atoms with E-state index in [0.717, 1.165) is 42.7 Å². The summed E-state index contributed by atoms with van der Waals surface area (Å²) in [6.07, 6.45) is 2.10. The van der Waals surface area contributed by atoms with Gasteiger partial charge in [-0.25, -0.2) is 4.67 Å². The Morgan fingerprint density at radius 3 is 2.41 bits per heavy atom. The van der Waals surface area contributed by atoms with Crippen molar-refractivity contribution in [2.45, 2.75) is 45.1 Å². The Balaban J connectivity index is 1.48. The van der Waals surface area contributed by atoms with Crippen LogP contribution in [0.5, 0.6) is 11.5 Å². The zero-order valence-electron chi connectivity index (χ0n) is 22.1. The number of methoxy groups -OCH3 is 1. The molecule has 2 fully saturated rings. The lowest BCUT2D eigenvalue weighted by atomic mass is 10.1. The number of hydrogen-bond acceptors (Lipinski definition) is 3. The van der Waals surface area contributed by atoms with E-state index in [0.29, 0.717) is 23.4 Å². The first-order valence-corrected chi connectivity index (χ1v) is 18.0. The summed E-state index contributed by atoms with van der Waals surface area (Å²) in [6, 6.07) is 24.2. The van der Waals surface area contributed by atoms with Crippen molar-refractivity contribution in [1.29, 1.82) is 0 Å². The molecule has 0 bridgehead atoms. The van der Waals surface area contributed by atoms with Crippen LogP contribution >= 0.6 is 7.44 Å². The zero-order valence-corrected chi connectivity index (χ0v) is 24.0. The van der Waals surface area contributed by atoms with E-state index in [1.807, 2.05) is 60.7 Å². The second-order valence-electron chi connectivity index (χ2n) is 10.7. The number of hydrogen-bond donors (Lipinski definition) is 0. The van der Waals surface area contributed by atoms with Crippen LogP contribution in [0.2, 0.25) is 19.6 Å². The topological polar surface area (TPSA) is 42.0 Å². The largest absolute Gasteiger partial charge is 0.496 e. The minimum absolute atomic E-state index is 0.258. The first-order valence-electron chi connectivity index (χ1n) is 12.9. The molecule has 0 saturated carbocycles. The Kier molecular flexibility index (Phi) is 7.23. The summed E-state index contributed by atoms with van der Waals surface area (Å²) < 4.78 is 31.7. The van der Waals surface area contributed by atoms with Crippen molar-refractivity contribution in [3.05, 3.63) is 83.9 Å². The van der Waals surface area contributed by atoms with Crippen LogP contribution in [-0.2, 0) is 11.2 Å². The van der Waals surface area contributed by atoms with Crippen LogP contribution in [0.3, 0.4) is 0 Å². The fourth-order valence-electron chi connectivity index (χ4n) is 5.10. The molecule has 2 aliphatic heterocycles. The fourth-order valence-corrected chi connectivity index (χ4v) is 9.17. The van der Waals surface area contributed by atoms with Crippen LogP contribution in [0.1, 0.15) is 24.0 Å². The van der Waals surface area contributed by atoms with Gasteiger partial charge in [-0.3, -0.25) is 4.57 Å². The molecule has 192 valence electrons. The molecule has 5 nitrogen and oxygen atoms in total. The Morgan fingerprint density at radius 1 is 0.973 bits per heavy atom. The fraction of sp³-hybridized carbons (Fsp3) is 0.333. The molecule has 0 N–H and O–H groups in total. The van der Waals surface area contributed by atoms with E-state index in [9.17, 15) is 0 Å². The third kappa shape index (κ3) is 5.22. The van der Waals surface area contributed by atoms with Crippen molar-refractivity contribution in [1.82, 2.24) is 4.67 Å². The zero-order chi connectivity index (χ0) is 26.0. The van der Waals surface area contributed by atoms with E-state index in [1.165, 1.54) is 0 Å². The highest BCUT2D eigenvalue weighted by Crippen LogP contribution is 2.64. The van der Waals surface area contributed by atoms with E-state index in [1.54, 1.807) is 7.11 Å². The van der Waals surface area contributed by atoms with Gasteiger partial charge in [-0.1, -0.05) is 62.0 Å². The number of benzene rings is 3. The summed E-state index contributed by atoms with van der Waals surface area (Å²) in [5.41, 5.74) is 6.43. The second kappa shape index (κ2) is 10.4. The van der Waals surface area contributed by atoms with Crippen molar-refractivity contribution >= 4 is 26.5 Å². The molecule has 0 aliphatic carbocycles. The van der Waals surface area contributed by atoms with Gasteiger partial charge in [0.25, 0.3) is 7.44 Å². The Hall–Kier alpha value is -2.97. The Bertz CT molecular complexity index is 1360. The van der Waals surface area contributed by atoms with Crippen molar-refractivity contribution in [3.8, 4) is 23.0 Å². The Labute approximate surface area is 221 Å². The van der Waals surface area contributed by atoms with E-state index >= 15 is 4.57 Å². The van der Waals surface area contributed by atoms with Crippen LogP contribution < -0.4 is 19.4 Å². The number of ether oxygens (including phenoxy) is 2. The van der Waals surface area contributed by atoms with Crippen molar-refractivity contribution in [3.63, 3.8) is 0 Å². The van der Waals surface area contributed by atoms with E-state index in [-0.39, 0.29) is 6.04 Å². The summed E-state index contributed by atoms with van der Waals surface area (Å²) in [4.78, 5) is 0. The average molecular weight is 531 g/mol. The summed E-state index contributed by atoms with van der Waals surface area (Å²) in [6.45, 7) is 8.64. The van der Waals surface area contributed by atoms with Crippen LogP contribution in [0.4, 0.5) is 5.69 Å². The third-order valence-electron chi connectivity index (χ3n) is 6.86. The quantitative estimate of drug-likeness (QED) is 0.212. The average Bonchev–Trinajstić information content (AvgIpc) is 3.48. The molecule has 1 unspecified atom stereocenters. The number of anilines is 1. The van der Waals surface area contributed by atoms with Crippen molar-refractivity contribution < 1.29 is 14.0 Å². The molecule has 0 amide bonds. The van der Waals surface area contributed by atoms with Crippen molar-refractivity contribution in [2.24, 2.45) is 0 Å². The standard InChI is InChI=1S/C30H35N2O3PSi/c1-34-28-13-8-14-29(35-23-25-17-15-24(16-18-25)19-21-37(2,3)4)30(28)36(33)31-20-9-12-27(31)22-32(36)26-10-6-5-7-11-26/h5-8,10-11,13-18,27H,9,12,20,22-23H2,1-4H3/t27-,36?/m1/s1. The maximum Gasteiger partial charge on any atom is 0.276 e. The van der Waals surface area contributed by atoms with Gasteiger partial charge in [0.2, 0.25) is 0 Å². The summed E-state index contributed by atoms with van der Waals surface area (Å²) in [5, 5.41) is 0.656. The molecule has 0 spiro atoms. The predicted octanol–water partition coefficient (Wildman–Crippen LogP) is 6.31. The van der Waals surface area contributed by atoms with Gasteiger partial charge in [-0.2, -0.15) is 0 Å². The molecule has 2 heterocycles. The molecule has 2 aliphatic rings. The molecule has 7 heteroatoms. The predicted molar refractivity (Wildman–Crippen MR) is 155 cm³/mol. The molecule has 3 aromatic carbocycles. The maximum atomic E-state index is 15.2. The lowest BCUT2D eigenvalue weighted by Crippen LogP contribution is -2.29. The van der Waals surface area contributed by atoms with Crippen LogP contribution in [0.15, 0.2) is 72.8 Å². The molecule has 5 rings (SSSR count). The maximum absolute atomic E-state index is 15.2. The van der Waals surface area contributed by atoms with E-state index < -0.39 is 15.5 Å². The van der Waals surface area contributed by atoms with Crippen LogP contribution in [-0.4, -0.2) is 39.0 Å². The number of para-hydroxylation sites is 1. The molecule has 0 aromatic heterocycles. The molecular weight excluding hydrogens is 495 g/mol. The monoisotopic (exact) mass is 530 g/mol. The van der Waals surface area contributed by atoms with Crippen molar-refractivity contribution in [2.75, 3.05) is 24.9 Å². The van der Waals surface area contributed by atoms with Gasteiger partial charge in [0.15, 0.2) is 0 Å². The first kappa shape index (κ1) is 25.7. The van der Waals surface area contributed by atoms with Crippen LogP contribution in [0, 0.1) is 11.5 Å². The highest BCUT2D eigenvalue weighted by molar-refractivity contribution is 7.71. The van der Waals surface area contributed by atoms with Gasteiger partial charge in [-0.15, -0.1) is 5.54 Å². The van der Waals surface area contributed by atoms with Gasteiger partial charge in [0, 0.05) is 30.4 Å². The number of nitrogens with zero attached hydrogens (tertiary/aromatic N) is 2. The number of rotatable bonds is 6. The first-order chi connectivity index (χ1) is 17.8. The number of fused-ring (bicyclic) bond motifs is 1. The summed E-state index contributed by atoms with van der Waals surface area (Å²) >= 11 is 0. The summed E-state index contributed by atoms with van der Waals surface area (Å²) in [5.74, 6) is 4.51. The smallest absolute Gasteiger partial charge is 0.276 e. The minimum Gasteiger partial charge on any atom is -0.496 e. The molecule has 3 aromatic rings. The van der Waals surface area contributed by atoms with Gasteiger partial charge in [0.1, 0.15) is 31.5 Å². The lowest BCUT2D eigenvalue weighted by Gasteiger charge is -2.33. The molecule has 2 atom stereocenters. The lowest BCUT2D eigenvalue weighted by molar-refractivity contribution is 0.306. The molecular formula is C30H35N2O3PSi. The highest BCUT2D eigenvalue weighted by Gasteiger charge is 2.54. The Morgan fingerprint density at radius 2 is 1.70 bits per heavy atom.